The monoisotopic (exact) mass is 402 g/mol. The van der Waals surface area contributed by atoms with Crippen LogP contribution in [-0.2, 0) is 9.59 Å². The van der Waals surface area contributed by atoms with Gasteiger partial charge in [0, 0.05) is 12.2 Å². The molecule has 0 aliphatic carbocycles. The quantitative estimate of drug-likeness (QED) is 0.236. The molecule has 30 heavy (non-hydrogen) atoms. The number of esters is 1. The summed E-state index contributed by atoms with van der Waals surface area (Å²) >= 11 is 0. The highest BCUT2D eigenvalue weighted by atomic mass is 16.5. The van der Waals surface area contributed by atoms with Crippen molar-refractivity contribution >= 4 is 30.2 Å². The van der Waals surface area contributed by atoms with E-state index in [2.05, 4.69) is 32.6 Å². The smallest absolute Gasteiger partial charge is 0.335 e. The third-order valence-electron chi connectivity index (χ3n) is 4.37. The molecule has 2 aromatic rings. The van der Waals surface area contributed by atoms with Gasteiger partial charge in [-0.3, -0.25) is 0 Å². The number of allylic oxidation sites excluding steroid dienone is 2. The zero-order chi connectivity index (χ0) is 21.9. The average molecular weight is 402 g/mol. The first-order chi connectivity index (χ1) is 14.4. The van der Waals surface area contributed by atoms with Crippen LogP contribution < -0.4 is 4.74 Å². The average Bonchev–Trinajstić information content (AvgIpc) is 2.74. The van der Waals surface area contributed by atoms with Crippen molar-refractivity contribution in [2.24, 2.45) is 0 Å². The zero-order valence-electron chi connectivity index (χ0n) is 17.3. The lowest BCUT2D eigenvalue weighted by atomic mass is 9.97. The van der Waals surface area contributed by atoms with Crippen molar-refractivity contribution in [3.63, 3.8) is 0 Å². The van der Waals surface area contributed by atoms with Crippen LogP contribution in [0.25, 0.3) is 18.2 Å². The summed E-state index contributed by atoms with van der Waals surface area (Å²) in [6.45, 7) is 7.62. The summed E-state index contributed by atoms with van der Waals surface area (Å²) in [6.07, 6.45) is 10.0. The number of carbonyl (C=O) groups excluding carboxylic acids is 1. The Balaban J connectivity index is 2.20. The molecule has 0 fully saturated rings. The van der Waals surface area contributed by atoms with Gasteiger partial charge >= 0.3 is 11.9 Å². The Hall–Kier alpha value is -3.66. The Kier molecular flexibility index (Phi) is 8.57. The molecule has 2 rings (SSSR count). The molecule has 0 bridgehead atoms. The molecule has 0 amide bonds. The summed E-state index contributed by atoms with van der Waals surface area (Å²) in [5, 5.41) is 8.72. The van der Waals surface area contributed by atoms with Gasteiger partial charge in [-0.1, -0.05) is 68.5 Å². The highest BCUT2D eigenvalue weighted by Gasteiger charge is 2.03. The molecule has 0 saturated heterocycles. The topological polar surface area (TPSA) is 63.6 Å². The first kappa shape index (κ1) is 22.6. The minimum absolute atomic E-state index is 0.479. The fraction of sp³-hybridized carbons (Fsp3) is 0.154. The van der Waals surface area contributed by atoms with Gasteiger partial charge in [0.2, 0.25) is 0 Å². The molecule has 4 nitrogen and oxygen atoms in total. The molecule has 0 aliphatic heterocycles. The maximum absolute atomic E-state index is 11.3. The molecule has 0 atom stereocenters. The summed E-state index contributed by atoms with van der Waals surface area (Å²) in [5.41, 5.74) is 5.30. The van der Waals surface area contributed by atoms with E-state index in [0.29, 0.717) is 5.75 Å². The van der Waals surface area contributed by atoms with Gasteiger partial charge in [-0.05, 0) is 59.4 Å². The number of ether oxygens (including phenoxy) is 1. The zero-order valence-corrected chi connectivity index (χ0v) is 17.3. The van der Waals surface area contributed by atoms with Crippen LogP contribution in [0.2, 0.25) is 0 Å². The van der Waals surface area contributed by atoms with Crippen LogP contribution in [0, 0.1) is 0 Å². The Morgan fingerprint density at radius 2 is 1.53 bits per heavy atom. The second kappa shape index (κ2) is 11.4. The Morgan fingerprint density at radius 3 is 2.10 bits per heavy atom. The fourth-order valence-corrected chi connectivity index (χ4v) is 2.86. The van der Waals surface area contributed by atoms with E-state index in [1.165, 1.54) is 5.57 Å². The van der Waals surface area contributed by atoms with Gasteiger partial charge in [-0.2, -0.15) is 0 Å². The van der Waals surface area contributed by atoms with Crippen LogP contribution in [0.1, 0.15) is 43.4 Å². The molecule has 0 unspecified atom stereocenters. The number of hydrogen-bond acceptors (Lipinski definition) is 3. The number of benzene rings is 2. The van der Waals surface area contributed by atoms with E-state index in [4.69, 9.17) is 9.84 Å². The van der Waals surface area contributed by atoms with Gasteiger partial charge in [0.25, 0.3) is 0 Å². The molecule has 0 saturated carbocycles. The Bertz CT molecular complexity index is 975. The molecule has 0 radical (unpaired) electrons. The largest absolute Gasteiger partial charge is 0.478 e. The van der Waals surface area contributed by atoms with E-state index >= 15 is 0 Å². The molecule has 0 aliphatic rings. The van der Waals surface area contributed by atoms with Crippen molar-refractivity contribution in [3.05, 3.63) is 95.1 Å². The molecule has 0 spiro atoms. The first-order valence-electron chi connectivity index (χ1n) is 9.76. The number of carboxylic acids is 1. The molecule has 0 heterocycles. The van der Waals surface area contributed by atoms with Gasteiger partial charge < -0.3 is 9.84 Å². The normalized spacial score (nSPS) is 12.1. The molecular weight excluding hydrogens is 376 g/mol. The molecule has 2 aromatic carbocycles. The van der Waals surface area contributed by atoms with Crippen LogP contribution >= 0.6 is 0 Å². The fourth-order valence-electron chi connectivity index (χ4n) is 2.86. The Morgan fingerprint density at radius 1 is 0.967 bits per heavy atom. The lowest BCUT2D eigenvalue weighted by molar-refractivity contribution is -0.131. The summed E-state index contributed by atoms with van der Waals surface area (Å²) in [5.74, 6) is -0.956. The SMILES string of the molecule is C=CC(=O)Oc1ccc(C=C(CCC)C(C)=Cc2ccc(C=CC(=O)O)cc2)cc1. The van der Waals surface area contributed by atoms with Crippen molar-refractivity contribution in [2.75, 3.05) is 0 Å². The second-order valence-corrected chi connectivity index (χ2v) is 6.78. The minimum atomic E-state index is -0.962. The summed E-state index contributed by atoms with van der Waals surface area (Å²) < 4.78 is 5.11. The number of carboxylic acid groups (broad SMARTS) is 1. The highest BCUT2D eigenvalue weighted by Crippen LogP contribution is 2.23. The van der Waals surface area contributed by atoms with E-state index < -0.39 is 11.9 Å². The summed E-state index contributed by atoms with van der Waals surface area (Å²) in [6, 6.07) is 15.1. The van der Waals surface area contributed by atoms with E-state index in [-0.39, 0.29) is 0 Å². The standard InChI is InChI=1S/C26H26O4/c1-4-6-23(18-22-11-14-24(15-12-22)30-26(29)5-2)19(3)17-21-9-7-20(8-10-21)13-16-25(27)28/h5,7-18H,2,4,6H2,1,3H3,(H,27,28). The van der Waals surface area contributed by atoms with Crippen LogP contribution in [0.4, 0.5) is 0 Å². The van der Waals surface area contributed by atoms with Crippen LogP contribution in [0.15, 0.2) is 78.4 Å². The van der Waals surface area contributed by atoms with E-state index in [1.807, 2.05) is 36.4 Å². The predicted molar refractivity (Wildman–Crippen MR) is 122 cm³/mol. The minimum Gasteiger partial charge on any atom is -0.478 e. The van der Waals surface area contributed by atoms with Gasteiger partial charge in [-0.25, -0.2) is 9.59 Å². The van der Waals surface area contributed by atoms with Crippen molar-refractivity contribution in [3.8, 4) is 5.75 Å². The predicted octanol–water partition coefficient (Wildman–Crippen LogP) is 6.16. The van der Waals surface area contributed by atoms with Gasteiger partial charge in [0.1, 0.15) is 5.75 Å². The summed E-state index contributed by atoms with van der Waals surface area (Å²) in [4.78, 5) is 21.9. The van der Waals surface area contributed by atoms with Gasteiger partial charge in [0.05, 0.1) is 0 Å². The van der Waals surface area contributed by atoms with Gasteiger partial charge in [-0.15, -0.1) is 0 Å². The second-order valence-electron chi connectivity index (χ2n) is 6.78. The molecular formula is C26H26O4. The van der Waals surface area contributed by atoms with E-state index in [1.54, 1.807) is 18.2 Å². The lowest BCUT2D eigenvalue weighted by Crippen LogP contribution is -2.02. The molecule has 154 valence electrons. The van der Waals surface area contributed by atoms with Crippen LogP contribution in [0.3, 0.4) is 0 Å². The number of aliphatic carboxylic acids is 1. The third-order valence-corrected chi connectivity index (χ3v) is 4.37. The van der Waals surface area contributed by atoms with Crippen molar-refractivity contribution in [1.82, 2.24) is 0 Å². The number of hydrogen-bond donors (Lipinski definition) is 1. The molecule has 4 heteroatoms. The van der Waals surface area contributed by atoms with Crippen LogP contribution in [0.5, 0.6) is 5.75 Å². The highest BCUT2D eigenvalue weighted by molar-refractivity contribution is 5.85. The van der Waals surface area contributed by atoms with Gasteiger partial charge in [0.15, 0.2) is 0 Å². The van der Waals surface area contributed by atoms with E-state index in [0.717, 1.165) is 47.3 Å². The molecule has 1 N–H and O–H groups in total. The first-order valence-corrected chi connectivity index (χ1v) is 9.76. The van der Waals surface area contributed by atoms with Crippen molar-refractivity contribution < 1.29 is 19.4 Å². The molecule has 0 aromatic heterocycles. The number of carbonyl (C=O) groups is 2. The van der Waals surface area contributed by atoms with E-state index in [9.17, 15) is 9.59 Å². The lowest BCUT2D eigenvalue weighted by Gasteiger charge is -2.09. The summed E-state index contributed by atoms with van der Waals surface area (Å²) in [7, 11) is 0. The van der Waals surface area contributed by atoms with Crippen LogP contribution in [-0.4, -0.2) is 17.0 Å². The maximum atomic E-state index is 11.3. The third kappa shape index (κ3) is 7.40. The van der Waals surface area contributed by atoms with Crippen molar-refractivity contribution in [1.29, 1.82) is 0 Å². The number of rotatable bonds is 9. The Labute approximate surface area is 177 Å². The maximum Gasteiger partial charge on any atom is 0.335 e. The van der Waals surface area contributed by atoms with Crippen molar-refractivity contribution in [2.45, 2.75) is 26.7 Å².